The highest BCUT2D eigenvalue weighted by Gasteiger charge is 2.35. The Kier molecular flexibility index (Phi) is 4.88. The van der Waals surface area contributed by atoms with Gasteiger partial charge in [-0.1, -0.05) is 13.8 Å². The summed E-state index contributed by atoms with van der Waals surface area (Å²) in [6.45, 7) is 6.89. The van der Waals surface area contributed by atoms with Crippen molar-refractivity contribution < 1.29 is 14.3 Å². The number of Topliss-reactive ketones (excluding diaryl/α,β-unsaturated/α-hetero) is 1. The quantitative estimate of drug-likeness (QED) is 0.597. The zero-order valence-electron chi connectivity index (χ0n) is 12.7. The average Bonchev–Trinajstić information content (AvgIpc) is 3.20. The summed E-state index contributed by atoms with van der Waals surface area (Å²) in [4.78, 5) is 24.9. The van der Waals surface area contributed by atoms with Gasteiger partial charge in [0.15, 0.2) is 5.78 Å². The van der Waals surface area contributed by atoms with Crippen molar-refractivity contribution in [3.8, 4) is 0 Å². The van der Waals surface area contributed by atoms with Gasteiger partial charge in [0.05, 0.1) is 17.2 Å². The van der Waals surface area contributed by atoms with Gasteiger partial charge in [0.2, 0.25) is 0 Å². The summed E-state index contributed by atoms with van der Waals surface area (Å²) in [6.07, 6.45) is 1.83. The second kappa shape index (κ2) is 6.47. The molecule has 0 atom stereocenters. The van der Waals surface area contributed by atoms with Gasteiger partial charge in [-0.3, -0.25) is 4.79 Å². The van der Waals surface area contributed by atoms with E-state index in [0.717, 1.165) is 12.8 Å². The molecule has 0 aromatic carbocycles. The first kappa shape index (κ1) is 15.8. The van der Waals surface area contributed by atoms with E-state index in [9.17, 15) is 9.59 Å². The molecule has 1 aliphatic rings. The van der Waals surface area contributed by atoms with Crippen molar-refractivity contribution in [3.63, 3.8) is 0 Å². The first-order valence-electron chi connectivity index (χ1n) is 7.33. The Hall–Kier alpha value is -1.56. The molecular weight excluding hydrogens is 288 g/mol. The lowest BCUT2D eigenvalue weighted by molar-refractivity contribution is 0.0529. The van der Waals surface area contributed by atoms with Gasteiger partial charge >= 0.3 is 5.97 Å². The molecule has 0 radical (unpaired) electrons. The van der Waals surface area contributed by atoms with Gasteiger partial charge in [0.1, 0.15) is 10.6 Å². The van der Waals surface area contributed by atoms with Crippen LogP contribution in [0.5, 0.6) is 0 Å². The molecule has 5 nitrogen and oxygen atoms in total. The van der Waals surface area contributed by atoms with E-state index in [1.54, 1.807) is 6.92 Å². The number of nitrogen functional groups attached to an aromatic ring is 1. The maximum atomic E-state index is 12.3. The Bertz CT molecular complexity index is 547. The molecule has 0 amide bonds. The summed E-state index contributed by atoms with van der Waals surface area (Å²) in [7, 11) is 0. The Labute approximate surface area is 128 Å². The second-order valence-corrected chi connectivity index (χ2v) is 6.70. The SMILES string of the molecule is CCOC(=O)c1c(NCC(C)C)sc(C(=O)C2CC2)c1N. The zero-order valence-corrected chi connectivity index (χ0v) is 13.5. The maximum absolute atomic E-state index is 12.3. The zero-order chi connectivity index (χ0) is 15.6. The number of ketones is 1. The lowest BCUT2D eigenvalue weighted by Crippen LogP contribution is -2.13. The molecule has 1 aromatic rings. The van der Waals surface area contributed by atoms with Crippen molar-refractivity contribution in [2.45, 2.75) is 33.6 Å². The van der Waals surface area contributed by atoms with E-state index in [4.69, 9.17) is 10.5 Å². The second-order valence-electron chi connectivity index (χ2n) is 5.68. The minimum atomic E-state index is -0.465. The molecule has 21 heavy (non-hydrogen) atoms. The van der Waals surface area contributed by atoms with Crippen LogP contribution in [-0.2, 0) is 4.74 Å². The molecule has 2 rings (SSSR count). The molecule has 1 aliphatic carbocycles. The largest absolute Gasteiger partial charge is 0.462 e. The van der Waals surface area contributed by atoms with Crippen LogP contribution in [0.25, 0.3) is 0 Å². The van der Waals surface area contributed by atoms with Gasteiger partial charge in [-0.05, 0) is 25.7 Å². The standard InChI is InChI=1S/C15H22N2O3S/c1-4-20-15(19)10-11(16)13(12(18)9-5-6-9)21-14(10)17-7-8(2)3/h8-9,17H,4-7,16H2,1-3H3. The van der Waals surface area contributed by atoms with Crippen LogP contribution in [0.4, 0.5) is 10.7 Å². The number of nitrogens with two attached hydrogens (primary N) is 1. The number of rotatable bonds is 7. The number of hydrogen-bond acceptors (Lipinski definition) is 6. The summed E-state index contributed by atoms with van der Waals surface area (Å²) in [5.41, 5.74) is 6.63. The van der Waals surface area contributed by atoms with E-state index >= 15 is 0 Å². The monoisotopic (exact) mass is 310 g/mol. The number of hydrogen-bond donors (Lipinski definition) is 2. The van der Waals surface area contributed by atoms with E-state index in [2.05, 4.69) is 19.2 Å². The molecule has 1 saturated carbocycles. The molecular formula is C15H22N2O3S. The van der Waals surface area contributed by atoms with Crippen LogP contribution in [-0.4, -0.2) is 24.9 Å². The molecule has 0 spiro atoms. The smallest absolute Gasteiger partial charge is 0.343 e. The van der Waals surface area contributed by atoms with Crippen molar-refractivity contribution in [2.75, 3.05) is 24.2 Å². The Morgan fingerprint density at radius 3 is 2.62 bits per heavy atom. The Balaban J connectivity index is 2.33. The number of nitrogens with one attached hydrogen (secondary N) is 1. The molecule has 0 saturated heterocycles. The van der Waals surface area contributed by atoms with Crippen LogP contribution in [0.1, 0.15) is 53.6 Å². The number of carbonyl (C=O) groups excluding carboxylic acids is 2. The summed E-state index contributed by atoms with van der Waals surface area (Å²) in [6, 6.07) is 0. The van der Waals surface area contributed by atoms with Gasteiger partial charge in [0, 0.05) is 12.5 Å². The van der Waals surface area contributed by atoms with E-state index in [-0.39, 0.29) is 24.0 Å². The molecule has 0 unspecified atom stereocenters. The van der Waals surface area contributed by atoms with Gasteiger partial charge < -0.3 is 15.8 Å². The predicted molar refractivity (Wildman–Crippen MR) is 85.1 cm³/mol. The first-order chi connectivity index (χ1) is 9.95. The third kappa shape index (κ3) is 3.56. The number of ether oxygens (including phenoxy) is 1. The topological polar surface area (TPSA) is 81.4 Å². The lowest BCUT2D eigenvalue weighted by atomic mass is 10.1. The van der Waals surface area contributed by atoms with E-state index < -0.39 is 5.97 Å². The van der Waals surface area contributed by atoms with Crippen LogP contribution in [0, 0.1) is 11.8 Å². The van der Waals surface area contributed by atoms with Crippen LogP contribution in [0.2, 0.25) is 0 Å². The van der Waals surface area contributed by atoms with Crippen molar-refractivity contribution >= 4 is 33.8 Å². The maximum Gasteiger partial charge on any atom is 0.343 e. The summed E-state index contributed by atoms with van der Waals surface area (Å²) in [5, 5.41) is 3.86. The van der Waals surface area contributed by atoms with Crippen LogP contribution < -0.4 is 11.1 Å². The van der Waals surface area contributed by atoms with E-state index in [1.807, 2.05) is 0 Å². The summed E-state index contributed by atoms with van der Waals surface area (Å²) < 4.78 is 5.06. The molecule has 0 aliphatic heterocycles. The molecule has 1 fully saturated rings. The Morgan fingerprint density at radius 1 is 1.43 bits per heavy atom. The lowest BCUT2D eigenvalue weighted by Gasteiger charge is -2.09. The van der Waals surface area contributed by atoms with Crippen molar-refractivity contribution in [2.24, 2.45) is 11.8 Å². The van der Waals surface area contributed by atoms with Crippen LogP contribution >= 0.6 is 11.3 Å². The molecule has 3 N–H and O–H groups in total. The number of esters is 1. The molecule has 1 aromatic heterocycles. The third-order valence-corrected chi connectivity index (χ3v) is 4.45. The normalized spacial score (nSPS) is 14.3. The minimum absolute atomic E-state index is 0.0562. The van der Waals surface area contributed by atoms with Gasteiger partial charge in [-0.2, -0.15) is 0 Å². The number of thiophene rings is 1. The highest BCUT2D eigenvalue weighted by atomic mass is 32.1. The number of anilines is 2. The van der Waals surface area contributed by atoms with Crippen LogP contribution in [0.15, 0.2) is 0 Å². The number of carbonyl (C=O) groups is 2. The summed E-state index contributed by atoms with van der Waals surface area (Å²) in [5.74, 6) is 0.0953. The molecule has 0 bridgehead atoms. The van der Waals surface area contributed by atoms with Crippen molar-refractivity contribution in [1.82, 2.24) is 0 Å². The minimum Gasteiger partial charge on any atom is -0.462 e. The van der Waals surface area contributed by atoms with Crippen molar-refractivity contribution in [3.05, 3.63) is 10.4 Å². The highest BCUT2D eigenvalue weighted by molar-refractivity contribution is 7.19. The van der Waals surface area contributed by atoms with E-state index in [0.29, 0.717) is 27.9 Å². The first-order valence-corrected chi connectivity index (χ1v) is 8.14. The highest BCUT2D eigenvalue weighted by Crippen LogP contribution is 2.42. The van der Waals surface area contributed by atoms with Gasteiger partial charge in [0.25, 0.3) is 0 Å². The van der Waals surface area contributed by atoms with Crippen LogP contribution in [0.3, 0.4) is 0 Å². The summed E-state index contributed by atoms with van der Waals surface area (Å²) >= 11 is 1.27. The molecule has 6 heteroatoms. The third-order valence-electron chi connectivity index (χ3n) is 3.27. The average molecular weight is 310 g/mol. The molecule has 1 heterocycles. The fourth-order valence-electron chi connectivity index (χ4n) is 1.99. The fourth-order valence-corrected chi connectivity index (χ4v) is 3.12. The predicted octanol–water partition coefficient (Wildman–Crippen LogP) is 3.17. The molecule has 116 valence electrons. The van der Waals surface area contributed by atoms with E-state index in [1.165, 1.54) is 11.3 Å². The van der Waals surface area contributed by atoms with Crippen molar-refractivity contribution in [1.29, 1.82) is 0 Å². The van der Waals surface area contributed by atoms with Gasteiger partial charge in [-0.15, -0.1) is 11.3 Å². The Morgan fingerprint density at radius 2 is 2.10 bits per heavy atom. The van der Waals surface area contributed by atoms with Gasteiger partial charge in [-0.25, -0.2) is 4.79 Å². The fraction of sp³-hybridized carbons (Fsp3) is 0.600.